The molecule has 0 aliphatic heterocycles. The van der Waals surface area contributed by atoms with E-state index in [0.29, 0.717) is 0 Å². The van der Waals surface area contributed by atoms with Crippen molar-refractivity contribution in [3.05, 3.63) is 35.9 Å². The van der Waals surface area contributed by atoms with E-state index in [1.54, 1.807) is 0 Å². The average Bonchev–Trinajstić information content (AvgIpc) is 2.37. The lowest BCUT2D eigenvalue weighted by atomic mass is 10.1. The van der Waals surface area contributed by atoms with Crippen LogP contribution in [-0.2, 0) is 4.79 Å². The maximum absolute atomic E-state index is 11.6. The summed E-state index contributed by atoms with van der Waals surface area (Å²) < 4.78 is 0. The highest BCUT2D eigenvalue weighted by Crippen LogP contribution is 2.21. The van der Waals surface area contributed by atoms with Crippen LogP contribution in [-0.4, -0.2) is 54.6 Å². The fourth-order valence-corrected chi connectivity index (χ4v) is 2.13. The summed E-state index contributed by atoms with van der Waals surface area (Å²) in [6, 6.07) is 8.91. The zero-order valence-corrected chi connectivity index (χ0v) is 12.0. The molecular formula is C15H24N2O2. The third-order valence-corrected chi connectivity index (χ3v) is 3.06. The Morgan fingerprint density at radius 3 is 2.26 bits per heavy atom. The summed E-state index contributed by atoms with van der Waals surface area (Å²) in [5.74, 6) is -0.779. The number of likely N-dealkylation sites (N-methyl/N-ethyl adjacent to an activating group) is 1. The Morgan fingerprint density at radius 1 is 1.16 bits per heavy atom. The van der Waals surface area contributed by atoms with E-state index in [1.165, 1.54) is 0 Å². The minimum atomic E-state index is -0.779. The fourth-order valence-electron chi connectivity index (χ4n) is 2.13. The van der Waals surface area contributed by atoms with E-state index in [2.05, 4.69) is 11.8 Å². The van der Waals surface area contributed by atoms with Crippen molar-refractivity contribution < 1.29 is 9.90 Å². The van der Waals surface area contributed by atoms with Crippen molar-refractivity contribution in [2.24, 2.45) is 0 Å². The summed E-state index contributed by atoms with van der Waals surface area (Å²) in [5.41, 5.74) is 0.849. The zero-order valence-electron chi connectivity index (χ0n) is 12.0. The van der Waals surface area contributed by atoms with E-state index in [9.17, 15) is 9.90 Å². The number of benzene rings is 1. The number of nitrogens with zero attached hydrogens (tertiary/aromatic N) is 2. The van der Waals surface area contributed by atoms with Gasteiger partial charge in [-0.3, -0.25) is 9.69 Å². The van der Waals surface area contributed by atoms with E-state index in [-0.39, 0.29) is 0 Å². The van der Waals surface area contributed by atoms with Crippen molar-refractivity contribution in [1.29, 1.82) is 0 Å². The maximum Gasteiger partial charge on any atom is 0.325 e. The molecule has 0 fully saturated rings. The summed E-state index contributed by atoms with van der Waals surface area (Å²) in [5, 5.41) is 9.53. The molecule has 0 heterocycles. The molecule has 1 unspecified atom stereocenters. The smallest absolute Gasteiger partial charge is 0.325 e. The fraction of sp³-hybridized carbons (Fsp3) is 0.533. The molecule has 4 nitrogen and oxygen atoms in total. The van der Waals surface area contributed by atoms with Gasteiger partial charge < -0.3 is 10.0 Å². The van der Waals surface area contributed by atoms with Crippen LogP contribution >= 0.6 is 0 Å². The molecule has 0 bridgehead atoms. The topological polar surface area (TPSA) is 43.8 Å². The van der Waals surface area contributed by atoms with Crippen LogP contribution in [0.1, 0.15) is 24.9 Å². The van der Waals surface area contributed by atoms with Crippen LogP contribution in [0.15, 0.2) is 30.3 Å². The molecule has 106 valence electrons. The molecule has 19 heavy (non-hydrogen) atoms. The van der Waals surface area contributed by atoms with Crippen LogP contribution in [0.5, 0.6) is 0 Å². The molecule has 1 aromatic rings. The Balaban J connectivity index is 2.89. The molecule has 0 aromatic heterocycles. The number of carbonyl (C=O) groups is 1. The minimum Gasteiger partial charge on any atom is -0.480 e. The summed E-state index contributed by atoms with van der Waals surface area (Å²) in [6.45, 7) is 4.48. The van der Waals surface area contributed by atoms with Gasteiger partial charge in [-0.15, -0.1) is 0 Å². The average molecular weight is 264 g/mol. The minimum absolute atomic E-state index is 0.555. The van der Waals surface area contributed by atoms with Crippen LogP contribution in [0.3, 0.4) is 0 Å². The number of hydrogen-bond acceptors (Lipinski definition) is 3. The lowest BCUT2D eigenvalue weighted by molar-refractivity contribution is -0.143. The second-order valence-corrected chi connectivity index (χ2v) is 4.99. The molecule has 0 amide bonds. The van der Waals surface area contributed by atoms with Gasteiger partial charge in [0, 0.05) is 13.1 Å². The number of carboxylic acid groups (broad SMARTS) is 1. The summed E-state index contributed by atoms with van der Waals surface area (Å²) >= 11 is 0. The summed E-state index contributed by atoms with van der Waals surface area (Å²) in [7, 11) is 4.00. The Morgan fingerprint density at radius 2 is 1.79 bits per heavy atom. The van der Waals surface area contributed by atoms with Gasteiger partial charge in [0.05, 0.1) is 0 Å². The van der Waals surface area contributed by atoms with Crippen LogP contribution in [0.4, 0.5) is 0 Å². The Labute approximate surface area is 115 Å². The highest BCUT2D eigenvalue weighted by molar-refractivity contribution is 5.75. The SMILES string of the molecule is CCCN(CCN(C)C)C(C(=O)O)c1ccccc1. The molecule has 0 aliphatic carbocycles. The second-order valence-electron chi connectivity index (χ2n) is 4.99. The Kier molecular flexibility index (Phi) is 6.53. The second kappa shape index (κ2) is 7.92. The number of aliphatic carboxylic acids is 1. The van der Waals surface area contributed by atoms with E-state index >= 15 is 0 Å². The third kappa shape index (κ3) is 5.01. The summed E-state index contributed by atoms with van der Waals surface area (Å²) in [6.07, 6.45) is 0.948. The lowest BCUT2D eigenvalue weighted by Crippen LogP contribution is -2.39. The van der Waals surface area contributed by atoms with Crippen LogP contribution < -0.4 is 0 Å². The van der Waals surface area contributed by atoms with Gasteiger partial charge in [0.15, 0.2) is 0 Å². The third-order valence-electron chi connectivity index (χ3n) is 3.06. The largest absolute Gasteiger partial charge is 0.480 e. The first kappa shape index (κ1) is 15.7. The molecule has 1 aromatic carbocycles. The first-order valence-corrected chi connectivity index (χ1v) is 6.72. The lowest BCUT2D eigenvalue weighted by Gasteiger charge is -2.29. The molecule has 0 spiro atoms. The quantitative estimate of drug-likeness (QED) is 0.781. The number of carboxylic acids is 1. The van der Waals surface area contributed by atoms with Crippen molar-refractivity contribution in [2.45, 2.75) is 19.4 Å². The molecule has 1 N–H and O–H groups in total. The first-order chi connectivity index (χ1) is 9.06. The van der Waals surface area contributed by atoms with E-state index in [1.807, 2.05) is 49.3 Å². The van der Waals surface area contributed by atoms with Gasteiger partial charge in [0.25, 0.3) is 0 Å². The Hall–Kier alpha value is -1.39. The van der Waals surface area contributed by atoms with Crippen molar-refractivity contribution in [2.75, 3.05) is 33.7 Å². The Bertz CT molecular complexity index is 379. The highest BCUT2D eigenvalue weighted by Gasteiger charge is 2.26. The molecule has 1 rings (SSSR count). The normalized spacial score (nSPS) is 12.9. The van der Waals surface area contributed by atoms with Gasteiger partial charge in [0.2, 0.25) is 0 Å². The van der Waals surface area contributed by atoms with E-state index in [4.69, 9.17) is 0 Å². The molecule has 0 saturated carbocycles. The molecule has 0 saturated heterocycles. The van der Waals surface area contributed by atoms with Crippen molar-refractivity contribution >= 4 is 5.97 Å². The molecule has 1 atom stereocenters. The number of rotatable bonds is 8. The summed E-state index contributed by atoms with van der Waals surface area (Å²) in [4.78, 5) is 15.7. The van der Waals surface area contributed by atoms with Crippen molar-refractivity contribution in [1.82, 2.24) is 9.80 Å². The number of hydrogen-bond donors (Lipinski definition) is 1. The molecular weight excluding hydrogens is 240 g/mol. The monoisotopic (exact) mass is 264 g/mol. The highest BCUT2D eigenvalue weighted by atomic mass is 16.4. The van der Waals surface area contributed by atoms with Gasteiger partial charge in [-0.2, -0.15) is 0 Å². The zero-order chi connectivity index (χ0) is 14.3. The van der Waals surface area contributed by atoms with Gasteiger partial charge in [0.1, 0.15) is 6.04 Å². The predicted octanol–water partition coefficient (Wildman–Crippen LogP) is 2.09. The predicted molar refractivity (Wildman–Crippen MR) is 77.2 cm³/mol. The van der Waals surface area contributed by atoms with Gasteiger partial charge in [-0.05, 0) is 32.6 Å². The molecule has 0 radical (unpaired) electrons. The van der Waals surface area contributed by atoms with Crippen molar-refractivity contribution in [3.8, 4) is 0 Å². The van der Waals surface area contributed by atoms with Gasteiger partial charge in [-0.25, -0.2) is 0 Å². The molecule has 4 heteroatoms. The first-order valence-electron chi connectivity index (χ1n) is 6.72. The van der Waals surface area contributed by atoms with Gasteiger partial charge in [-0.1, -0.05) is 37.3 Å². The van der Waals surface area contributed by atoms with Crippen LogP contribution in [0.25, 0.3) is 0 Å². The molecule has 0 aliphatic rings. The van der Waals surface area contributed by atoms with Gasteiger partial charge >= 0.3 is 5.97 Å². The van der Waals surface area contributed by atoms with E-state index < -0.39 is 12.0 Å². The standard InChI is InChI=1S/C15H24N2O2/c1-4-10-17(12-11-16(2)3)14(15(18)19)13-8-6-5-7-9-13/h5-9,14H,4,10-12H2,1-3H3,(H,18,19). The van der Waals surface area contributed by atoms with Crippen LogP contribution in [0, 0.1) is 0 Å². The van der Waals surface area contributed by atoms with Crippen LogP contribution in [0.2, 0.25) is 0 Å². The maximum atomic E-state index is 11.6. The van der Waals surface area contributed by atoms with E-state index in [0.717, 1.165) is 31.6 Å². The van der Waals surface area contributed by atoms with Crippen molar-refractivity contribution in [3.63, 3.8) is 0 Å².